The Labute approximate surface area is 184 Å². The number of hydrogen-bond donors (Lipinski definition) is 1. The molecule has 31 heavy (non-hydrogen) atoms. The minimum Gasteiger partial charge on any atom is -0.502 e. The average Bonchev–Trinajstić information content (AvgIpc) is 3.05. The second-order valence-electron chi connectivity index (χ2n) is 7.85. The van der Waals surface area contributed by atoms with Crippen LogP contribution in [0.3, 0.4) is 0 Å². The zero-order chi connectivity index (χ0) is 22.0. The number of rotatable bonds is 4. The molecule has 1 amide bonds. The van der Waals surface area contributed by atoms with Gasteiger partial charge in [-0.15, -0.1) is 0 Å². The molecule has 2 aromatic rings. The molecule has 2 fully saturated rings. The number of amidine groups is 1. The second kappa shape index (κ2) is 8.93. The average molecular weight is 438 g/mol. The molecular weight excluding hydrogens is 414 g/mol. The number of benzene rings is 2. The van der Waals surface area contributed by atoms with Crippen LogP contribution in [0.4, 0.5) is 11.4 Å². The summed E-state index contributed by atoms with van der Waals surface area (Å²) in [5.74, 6) is -0.163. The number of amides is 1. The summed E-state index contributed by atoms with van der Waals surface area (Å²) in [5, 5.41) is 21.5. The van der Waals surface area contributed by atoms with Crippen molar-refractivity contribution in [2.24, 2.45) is 10.9 Å². The Morgan fingerprint density at radius 2 is 1.94 bits per heavy atom. The van der Waals surface area contributed by atoms with Crippen molar-refractivity contribution in [2.45, 2.75) is 38.6 Å². The molecule has 1 saturated heterocycles. The van der Waals surface area contributed by atoms with Gasteiger partial charge in [0.25, 0.3) is 5.91 Å². The number of phenols is 1. The minimum absolute atomic E-state index is 0.0799. The van der Waals surface area contributed by atoms with E-state index in [1.165, 1.54) is 23.9 Å². The van der Waals surface area contributed by atoms with Gasteiger partial charge in [0.2, 0.25) is 0 Å². The third-order valence-electron chi connectivity index (χ3n) is 5.71. The largest absolute Gasteiger partial charge is 0.502 e. The van der Waals surface area contributed by atoms with Crippen LogP contribution in [-0.2, 0) is 4.79 Å². The van der Waals surface area contributed by atoms with Crippen molar-refractivity contribution in [3.63, 3.8) is 0 Å². The van der Waals surface area contributed by atoms with Gasteiger partial charge in [0.1, 0.15) is 0 Å². The van der Waals surface area contributed by atoms with Crippen LogP contribution in [0.2, 0.25) is 0 Å². The second-order valence-corrected chi connectivity index (χ2v) is 8.86. The van der Waals surface area contributed by atoms with Crippen molar-refractivity contribution in [1.82, 2.24) is 4.90 Å². The molecule has 0 unspecified atom stereocenters. The molecule has 8 heteroatoms. The van der Waals surface area contributed by atoms with Crippen molar-refractivity contribution >= 4 is 40.3 Å². The highest BCUT2D eigenvalue weighted by molar-refractivity contribution is 8.18. The summed E-state index contributed by atoms with van der Waals surface area (Å²) in [5.41, 5.74) is 0.867. The molecule has 160 valence electrons. The molecule has 1 aliphatic carbocycles. The number of para-hydroxylation sites is 1. The van der Waals surface area contributed by atoms with Crippen LogP contribution in [0, 0.1) is 16.0 Å². The monoisotopic (exact) mass is 437 g/mol. The third kappa shape index (κ3) is 4.49. The minimum atomic E-state index is -0.640. The number of hydrogen-bond acceptors (Lipinski definition) is 6. The summed E-state index contributed by atoms with van der Waals surface area (Å²) in [6.45, 7) is 2.17. The van der Waals surface area contributed by atoms with Crippen LogP contribution in [0.15, 0.2) is 58.4 Å². The highest BCUT2D eigenvalue weighted by Gasteiger charge is 2.41. The van der Waals surface area contributed by atoms with Crippen molar-refractivity contribution in [2.75, 3.05) is 0 Å². The molecule has 0 radical (unpaired) electrons. The molecular formula is C23H23N3O4S. The van der Waals surface area contributed by atoms with Gasteiger partial charge in [0, 0.05) is 12.1 Å². The Kier molecular flexibility index (Phi) is 6.08. The highest BCUT2D eigenvalue weighted by Crippen LogP contribution is 2.40. The van der Waals surface area contributed by atoms with E-state index in [1.54, 1.807) is 12.1 Å². The van der Waals surface area contributed by atoms with Crippen molar-refractivity contribution in [1.29, 1.82) is 0 Å². The van der Waals surface area contributed by atoms with E-state index in [1.807, 2.05) is 35.2 Å². The maximum atomic E-state index is 13.4. The van der Waals surface area contributed by atoms with Gasteiger partial charge in [-0.2, -0.15) is 0 Å². The molecule has 4 rings (SSSR count). The zero-order valence-electron chi connectivity index (χ0n) is 17.1. The number of phenolic OH excluding ortho intramolecular Hbond substituents is 1. The molecule has 2 aliphatic rings. The first kappa shape index (κ1) is 21.1. The van der Waals surface area contributed by atoms with E-state index in [0.717, 1.165) is 31.4 Å². The van der Waals surface area contributed by atoms with E-state index in [-0.39, 0.29) is 17.6 Å². The summed E-state index contributed by atoms with van der Waals surface area (Å²) in [4.78, 5) is 30.9. The van der Waals surface area contributed by atoms with E-state index in [9.17, 15) is 20.0 Å². The molecule has 2 aromatic carbocycles. The maximum absolute atomic E-state index is 13.4. The molecule has 0 bridgehead atoms. The van der Waals surface area contributed by atoms with Crippen LogP contribution >= 0.6 is 11.8 Å². The van der Waals surface area contributed by atoms with Gasteiger partial charge in [-0.05, 0) is 60.4 Å². The SMILES string of the molecule is C[C@@H]1CCCC[C@@H]1N1C(=O)/C(=C/c2ccc(O)c([N+](=O)[O-])c2)SC1=Nc1ccccc1. The summed E-state index contributed by atoms with van der Waals surface area (Å²) in [6.07, 6.45) is 5.87. The number of nitro groups is 1. The lowest BCUT2D eigenvalue weighted by atomic mass is 9.85. The van der Waals surface area contributed by atoms with Crippen LogP contribution in [-0.4, -0.2) is 32.0 Å². The Balaban J connectivity index is 1.73. The van der Waals surface area contributed by atoms with Gasteiger partial charge in [-0.3, -0.25) is 19.8 Å². The van der Waals surface area contributed by atoms with Gasteiger partial charge < -0.3 is 5.11 Å². The van der Waals surface area contributed by atoms with Crippen LogP contribution < -0.4 is 0 Å². The third-order valence-corrected chi connectivity index (χ3v) is 6.69. The summed E-state index contributed by atoms with van der Waals surface area (Å²) in [6, 6.07) is 13.7. The van der Waals surface area contributed by atoms with E-state index >= 15 is 0 Å². The van der Waals surface area contributed by atoms with Crippen molar-refractivity contribution < 1.29 is 14.8 Å². The predicted octanol–water partition coefficient (Wildman–Crippen LogP) is 5.48. The first-order chi connectivity index (χ1) is 14.9. The van der Waals surface area contributed by atoms with Gasteiger partial charge in [0.15, 0.2) is 10.9 Å². The molecule has 2 atom stereocenters. The first-order valence-electron chi connectivity index (χ1n) is 10.3. The lowest BCUT2D eigenvalue weighted by molar-refractivity contribution is -0.385. The fraction of sp³-hybridized carbons (Fsp3) is 0.304. The standard InChI is InChI=1S/C23H23N3O4S/c1-15-7-5-6-10-18(15)25-22(28)21(31-23(25)24-17-8-3-2-4-9-17)14-16-11-12-20(27)19(13-16)26(29)30/h2-4,8-9,11-15,18,27H,5-7,10H2,1H3/b21-14-,24-23?/t15-,18+/m1/s1. The lowest BCUT2D eigenvalue weighted by Gasteiger charge is -2.35. The van der Waals surface area contributed by atoms with E-state index < -0.39 is 10.7 Å². The number of carbonyl (C=O) groups excluding carboxylic acids is 1. The van der Waals surface area contributed by atoms with Gasteiger partial charge in [0.05, 0.1) is 15.5 Å². The molecule has 1 N–H and O–H groups in total. The number of aliphatic imine (C=N–C) groups is 1. The Morgan fingerprint density at radius 1 is 1.19 bits per heavy atom. The number of nitrogens with zero attached hydrogens (tertiary/aromatic N) is 3. The Hall–Kier alpha value is -3.13. The Bertz CT molecular complexity index is 1070. The number of carbonyl (C=O) groups is 1. The molecule has 0 spiro atoms. The molecule has 0 aromatic heterocycles. The quantitative estimate of drug-likeness (QED) is 0.388. The molecule has 1 saturated carbocycles. The van der Waals surface area contributed by atoms with E-state index in [4.69, 9.17) is 4.99 Å². The maximum Gasteiger partial charge on any atom is 0.311 e. The van der Waals surface area contributed by atoms with Crippen LogP contribution in [0.25, 0.3) is 6.08 Å². The molecule has 1 heterocycles. The van der Waals surface area contributed by atoms with E-state index in [0.29, 0.717) is 21.6 Å². The van der Waals surface area contributed by atoms with Gasteiger partial charge in [-0.1, -0.05) is 44.0 Å². The predicted molar refractivity (Wildman–Crippen MR) is 122 cm³/mol. The normalized spacial score (nSPS) is 24.2. The Morgan fingerprint density at radius 3 is 2.65 bits per heavy atom. The van der Waals surface area contributed by atoms with Crippen molar-refractivity contribution in [3.8, 4) is 5.75 Å². The zero-order valence-corrected chi connectivity index (χ0v) is 17.9. The lowest BCUT2D eigenvalue weighted by Crippen LogP contribution is -2.44. The number of aromatic hydroxyl groups is 1. The summed E-state index contributed by atoms with van der Waals surface area (Å²) >= 11 is 1.29. The number of thioether (sulfide) groups is 1. The van der Waals surface area contributed by atoms with Gasteiger partial charge in [-0.25, -0.2) is 4.99 Å². The summed E-state index contributed by atoms with van der Waals surface area (Å²) in [7, 11) is 0. The fourth-order valence-corrected chi connectivity index (χ4v) is 5.12. The van der Waals surface area contributed by atoms with Crippen LogP contribution in [0.1, 0.15) is 38.2 Å². The first-order valence-corrected chi connectivity index (χ1v) is 11.1. The van der Waals surface area contributed by atoms with Crippen molar-refractivity contribution in [3.05, 3.63) is 69.1 Å². The topological polar surface area (TPSA) is 96.0 Å². The van der Waals surface area contributed by atoms with Crippen LogP contribution in [0.5, 0.6) is 5.75 Å². The fourth-order valence-electron chi connectivity index (χ4n) is 4.08. The number of nitro benzene ring substituents is 1. The summed E-state index contributed by atoms with van der Waals surface area (Å²) < 4.78 is 0. The van der Waals surface area contributed by atoms with E-state index in [2.05, 4.69) is 6.92 Å². The molecule has 7 nitrogen and oxygen atoms in total. The molecule has 1 aliphatic heterocycles. The highest BCUT2D eigenvalue weighted by atomic mass is 32.2. The van der Waals surface area contributed by atoms with Gasteiger partial charge >= 0.3 is 5.69 Å². The smallest absolute Gasteiger partial charge is 0.311 e.